The van der Waals surface area contributed by atoms with Crippen molar-refractivity contribution in [3.63, 3.8) is 0 Å². The van der Waals surface area contributed by atoms with E-state index in [-0.39, 0.29) is 17.1 Å². The summed E-state index contributed by atoms with van der Waals surface area (Å²) in [4.78, 5) is 16.0. The third-order valence-electron chi connectivity index (χ3n) is 2.52. The molecule has 0 aliphatic rings. The highest BCUT2D eigenvalue weighted by Crippen LogP contribution is 2.17. The molecule has 0 saturated carbocycles. The number of hydrogen-bond acceptors (Lipinski definition) is 3. The van der Waals surface area contributed by atoms with Gasteiger partial charge in [0.2, 0.25) is 0 Å². The van der Waals surface area contributed by atoms with Gasteiger partial charge in [-0.1, -0.05) is 23.4 Å². The van der Waals surface area contributed by atoms with Gasteiger partial charge in [0, 0.05) is 17.3 Å². The summed E-state index contributed by atoms with van der Waals surface area (Å²) >= 11 is 5.64. The number of aromatic nitrogens is 1. The third kappa shape index (κ3) is 4.02. The van der Waals surface area contributed by atoms with E-state index in [0.717, 1.165) is 6.07 Å². The maximum Gasteiger partial charge on any atom is 0.256 e. The number of halogens is 2. The third-order valence-corrected chi connectivity index (χ3v) is 2.81. The Morgan fingerprint density at radius 3 is 2.90 bits per heavy atom. The van der Waals surface area contributed by atoms with Crippen molar-refractivity contribution in [2.24, 2.45) is 5.73 Å². The second-order valence-electron chi connectivity index (χ2n) is 4.02. The summed E-state index contributed by atoms with van der Waals surface area (Å²) in [5, 5.41) is 2.48. The molecule has 21 heavy (non-hydrogen) atoms. The van der Waals surface area contributed by atoms with Crippen molar-refractivity contribution >= 4 is 23.3 Å². The van der Waals surface area contributed by atoms with Crippen molar-refractivity contribution in [3.8, 4) is 11.8 Å². The van der Waals surface area contributed by atoms with Crippen molar-refractivity contribution in [1.29, 1.82) is 0 Å². The zero-order valence-electron chi connectivity index (χ0n) is 10.9. The Balaban J connectivity index is 2.17. The number of carbonyl (C=O) groups is 1. The predicted molar refractivity (Wildman–Crippen MR) is 79.5 cm³/mol. The molecule has 1 heterocycles. The molecular weight excluding hydrogens is 293 g/mol. The van der Waals surface area contributed by atoms with Gasteiger partial charge in [-0.25, -0.2) is 9.37 Å². The Kier molecular flexibility index (Phi) is 4.88. The fourth-order valence-corrected chi connectivity index (χ4v) is 1.74. The molecule has 1 amide bonds. The summed E-state index contributed by atoms with van der Waals surface area (Å²) in [5.74, 6) is 4.87. The minimum atomic E-state index is -0.578. The molecule has 2 rings (SSSR count). The molecule has 4 nitrogen and oxygen atoms in total. The van der Waals surface area contributed by atoms with E-state index < -0.39 is 11.7 Å². The molecule has 0 aliphatic carbocycles. The molecule has 6 heteroatoms. The zero-order chi connectivity index (χ0) is 15.2. The van der Waals surface area contributed by atoms with Crippen molar-refractivity contribution < 1.29 is 9.18 Å². The molecule has 0 radical (unpaired) electrons. The van der Waals surface area contributed by atoms with Gasteiger partial charge in [-0.3, -0.25) is 4.79 Å². The van der Waals surface area contributed by atoms with Crippen molar-refractivity contribution in [1.82, 2.24) is 4.98 Å². The van der Waals surface area contributed by atoms with Gasteiger partial charge in [0.05, 0.1) is 11.6 Å². The first-order valence-corrected chi connectivity index (χ1v) is 6.39. The van der Waals surface area contributed by atoms with Gasteiger partial charge in [-0.2, -0.15) is 0 Å². The molecule has 1 aromatic heterocycles. The van der Waals surface area contributed by atoms with Crippen LogP contribution in [0.15, 0.2) is 36.5 Å². The first-order chi connectivity index (χ1) is 10.1. The van der Waals surface area contributed by atoms with Crippen LogP contribution in [0.3, 0.4) is 0 Å². The standard InChI is InChI=1S/C15H11ClFN3O/c16-12-9-11(3-4-13(12)17)15(21)20-14-8-10(2-1-6-18)5-7-19-14/h3-5,7-9H,6,18H2,(H,19,20,21). The number of nitrogens with two attached hydrogens (primary N) is 1. The molecule has 0 atom stereocenters. The number of rotatable bonds is 2. The van der Waals surface area contributed by atoms with E-state index in [0.29, 0.717) is 11.4 Å². The lowest BCUT2D eigenvalue weighted by Crippen LogP contribution is -2.13. The van der Waals surface area contributed by atoms with Crippen molar-refractivity contribution in [2.75, 3.05) is 11.9 Å². The van der Waals surface area contributed by atoms with Gasteiger partial charge in [0.25, 0.3) is 5.91 Å². The summed E-state index contributed by atoms with van der Waals surface area (Å²) in [6, 6.07) is 7.05. The molecule has 1 aromatic carbocycles. The molecule has 0 bridgehead atoms. The number of anilines is 1. The van der Waals surface area contributed by atoms with E-state index in [1.54, 1.807) is 12.1 Å². The number of nitrogens with one attached hydrogen (secondary N) is 1. The minimum absolute atomic E-state index is 0.113. The quantitative estimate of drug-likeness (QED) is 0.837. The Labute approximate surface area is 126 Å². The fourth-order valence-electron chi connectivity index (χ4n) is 1.56. The van der Waals surface area contributed by atoms with Gasteiger partial charge >= 0.3 is 0 Å². The molecule has 0 saturated heterocycles. The lowest BCUT2D eigenvalue weighted by Gasteiger charge is -2.05. The van der Waals surface area contributed by atoms with Crippen molar-refractivity contribution in [2.45, 2.75) is 0 Å². The highest BCUT2D eigenvalue weighted by Gasteiger charge is 2.09. The van der Waals surface area contributed by atoms with Crippen LogP contribution in [0.5, 0.6) is 0 Å². The van der Waals surface area contributed by atoms with E-state index in [1.165, 1.54) is 18.3 Å². The highest BCUT2D eigenvalue weighted by molar-refractivity contribution is 6.31. The average Bonchev–Trinajstić information content (AvgIpc) is 2.48. The highest BCUT2D eigenvalue weighted by atomic mass is 35.5. The Bertz CT molecular complexity index is 737. The number of amides is 1. The Morgan fingerprint density at radius 1 is 1.38 bits per heavy atom. The first-order valence-electron chi connectivity index (χ1n) is 6.01. The molecule has 2 aromatic rings. The van der Waals surface area contributed by atoms with Crippen molar-refractivity contribution in [3.05, 3.63) is 58.5 Å². The smallest absolute Gasteiger partial charge is 0.256 e. The Hall–Kier alpha value is -2.42. The number of carbonyl (C=O) groups excluding carboxylic acids is 1. The second kappa shape index (κ2) is 6.84. The molecule has 0 fully saturated rings. The van der Waals surface area contributed by atoms with Crippen LogP contribution in [-0.4, -0.2) is 17.4 Å². The van der Waals surface area contributed by atoms with E-state index in [4.69, 9.17) is 17.3 Å². The molecule has 0 unspecified atom stereocenters. The summed E-state index contributed by atoms with van der Waals surface area (Å²) in [6.45, 7) is 0.248. The summed E-state index contributed by atoms with van der Waals surface area (Å²) in [6.07, 6.45) is 1.52. The molecule has 3 N–H and O–H groups in total. The Morgan fingerprint density at radius 2 is 2.19 bits per heavy atom. The van der Waals surface area contributed by atoms with Crippen LogP contribution < -0.4 is 11.1 Å². The van der Waals surface area contributed by atoms with Crippen LogP contribution in [0.1, 0.15) is 15.9 Å². The van der Waals surface area contributed by atoms with E-state index >= 15 is 0 Å². The number of pyridine rings is 1. The summed E-state index contributed by atoms with van der Waals surface area (Å²) < 4.78 is 13.1. The molecule has 106 valence electrons. The fraction of sp³-hybridized carbons (Fsp3) is 0.0667. The lowest BCUT2D eigenvalue weighted by molar-refractivity contribution is 0.102. The van der Waals surface area contributed by atoms with Gasteiger partial charge in [-0.15, -0.1) is 0 Å². The summed E-state index contributed by atoms with van der Waals surface area (Å²) in [7, 11) is 0. The van der Waals surface area contributed by atoms with Gasteiger partial charge in [-0.05, 0) is 30.3 Å². The second-order valence-corrected chi connectivity index (χ2v) is 4.43. The monoisotopic (exact) mass is 303 g/mol. The topological polar surface area (TPSA) is 68.0 Å². The van der Waals surface area contributed by atoms with Crippen LogP contribution in [0.25, 0.3) is 0 Å². The molecular formula is C15H11ClFN3O. The first kappa shape index (κ1) is 15.0. The maximum absolute atomic E-state index is 13.1. The van der Waals surface area contributed by atoms with E-state index in [1.807, 2.05) is 0 Å². The number of nitrogens with zero attached hydrogens (tertiary/aromatic N) is 1. The van der Waals surface area contributed by atoms with E-state index in [2.05, 4.69) is 22.1 Å². The molecule has 0 aliphatic heterocycles. The summed E-state index contributed by atoms with van der Waals surface area (Å²) in [5.41, 5.74) is 6.22. The number of benzene rings is 1. The van der Waals surface area contributed by atoms with Gasteiger partial charge in [0.15, 0.2) is 0 Å². The average molecular weight is 304 g/mol. The van der Waals surface area contributed by atoms with Crippen LogP contribution in [-0.2, 0) is 0 Å². The van der Waals surface area contributed by atoms with E-state index in [9.17, 15) is 9.18 Å². The van der Waals surface area contributed by atoms with Crippen LogP contribution in [0, 0.1) is 17.7 Å². The van der Waals surface area contributed by atoms with Gasteiger partial charge < -0.3 is 11.1 Å². The minimum Gasteiger partial charge on any atom is -0.320 e. The predicted octanol–water partition coefficient (Wildman–Crippen LogP) is 2.44. The van der Waals surface area contributed by atoms with Crippen LogP contribution in [0.2, 0.25) is 5.02 Å². The lowest BCUT2D eigenvalue weighted by atomic mass is 10.2. The normalized spacial score (nSPS) is 9.67. The zero-order valence-corrected chi connectivity index (χ0v) is 11.6. The molecule has 0 spiro atoms. The number of hydrogen-bond donors (Lipinski definition) is 2. The SMILES string of the molecule is NCC#Cc1ccnc(NC(=O)c2ccc(F)c(Cl)c2)c1. The van der Waals surface area contributed by atoms with Crippen LogP contribution >= 0.6 is 11.6 Å². The van der Waals surface area contributed by atoms with Gasteiger partial charge in [0.1, 0.15) is 11.6 Å². The largest absolute Gasteiger partial charge is 0.320 e. The van der Waals surface area contributed by atoms with Crippen LogP contribution in [0.4, 0.5) is 10.2 Å². The maximum atomic E-state index is 13.1.